The fourth-order valence-electron chi connectivity index (χ4n) is 4.61. The van der Waals surface area contributed by atoms with E-state index in [1.807, 2.05) is 12.1 Å². The maximum Gasteiger partial charge on any atom is 0.129 e. The number of hydrogen-bond acceptors (Lipinski definition) is 2. The molecule has 2 fully saturated rings. The maximum absolute atomic E-state index is 9.30. The first kappa shape index (κ1) is 13.8. The number of rotatable bonds is 2. The van der Waals surface area contributed by atoms with Crippen molar-refractivity contribution in [3.63, 3.8) is 0 Å². The topological polar surface area (TPSA) is 47.6 Å². The molecule has 0 heterocycles. The molecule has 0 N–H and O–H groups in total. The molecule has 3 atom stereocenters. The Balaban J connectivity index is 1.86. The number of nitrogens with zero attached hydrogens (tertiary/aromatic N) is 2. The van der Waals surface area contributed by atoms with Crippen molar-refractivity contribution in [3.05, 3.63) is 82.9 Å². The fraction of sp³-hybridized carbons (Fsp3) is 0.238. The van der Waals surface area contributed by atoms with Gasteiger partial charge in [0.15, 0.2) is 0 Å². The third kappa shape index (κ3) is 1.85. The van der Waals surface area contributed by atoms with Gasteiger partial charge in [-0.3, -0.25) is 0 Å². The van der Waals surface area contributed by atoms with Gasteiger partial charge in [-0.15, -0.1) is 0 Å². The third-order valence-corrected chi connectivity index (χ3v) is 5.53. The van der Waals surface area contributed by atoms with E-state index in [2.05, 4.69) is 60.7 Å². The van der Waals surface area contributed by atoms with E-state index in [9.17, 15) is 10.5 Å². The van der Waals surface area contributed by atoms with Gasteiger partial charge in [0.2, 0.25) is 0 Å². The second-order valence-electron chi connectivity index (χ2n) is 6.40. The van der Waals surface area contributed by atoms with E-state index in [4.69, 9.17) is 0 Å². The summed E-state index contributed by atoms with van der Waals surface area (Å²) in [6.07, 6.45) is 1.88. The molecule has 2 aromatic carbocycles. The standard InChI is InChI=1S/C21H16N2/c22-13-16(14-23)18-11-12-21(17-9-5-2-6-10-17)19(20(18)21)15-7-3-1-4-8-15/h1-10,19-20H,11-12H2/t19-,20-,21-/m1/s1. The number of hydrogen-bond donors (Lipinski definition) is 0. The van der Waals surface area contributed by atoms with Crippen LogP contribution in [0.3, 0.4) is 0 Å². The predicted octanol–water partition coefficient (Wildman–Crippen LogP) is 4.48. The second-order valence-corrected chi connectivity index (χ2v) is 6.40. The van der Waals surface area contributed by atoms with Crippen molar-refractivity contribution in [1.82, 2.24) is 0 Å². The minimum atomic E-state index is 0.0664. The van der Waals surface area contributed by atoms with E-state index in [1.165, 1.54) is 11.1 Å². The van der Waals surface area contributed by atoms with Crippen molar-refractivity contribution in [3.8, 4) is 12.1 Å². The van der Waals surface area contributed by atoms with E-state index in [0.29, 0.717) is 17.4 Å². The zero-order valence-electron chi connectivity index (χ0n) is 12.7. The van der Waals surface area contributed by atoms with E-state index < -0.39 is 0 Å². The first-order valence-corrected chi connectivity index (χ1v) is 7.96. The number of allylic oxidation sites excluding steroid dienone is 2. The number of benzene rings is 2. The smallest absolute Gasteiger partial charge is 0.129 e. The highest BCUT2D eigenvalue weighted by molar-refractivity contribution is 5.58. The lowest BCUT2D eigenvalue weighted by molar-refractivity contribution is 0.631. The quantitative estimate of drug-likeness (QED) is 0.767. The van der Waals surface area contributed by atoms with Crippen LogP contribution in [0.5, 0.6) is 0 Å². The van der Waals surface area contributed by atoms with Gasteiger partial charge in [0.1, 0.15) is 17.7 Å². The molecular formula is C21H16N2. The normalized spacial score (nSPS) is 27.7. The average molecular weight is 296 g/mol. The van der Waals surface area contributed by atoms with Crippen LogP contribution in [0.25, 0.3) is 0 Å². The van der Waals surface area contributed by atoms with Crippen LogP contribution in [0.4, 0.5) is 0 Å². The molecule has 0 aliphatic heterocycles. The largest absolute Gasteiger partial charge is 0.192 e. The van der Waals surface area contributed by atoms with Crippen molar-refractivity contribution in [2.75, 3.05) is 0 Å². The molecule has 23 heavy (non-hydrogen) atoms. The van der Waals surface area contributed by atoms with Crippen LogP contribution in [0.2, 0.25) is 0 Å². The monoisotopic (exact) mass is 296 g/mol. The minimum Gasteiger partial charge on any atom is -0.192 e. The SMILES string of the molecule is N#CC(C#N)=C1CC[C@]2(c3ccccc3)[C@H]1[C@H]2c1ccccc1. The van der Waals surface area contributed by atoms with Gasteiger partial charge in [0, 0.05) is 17.3 Å². The molecule has 2 saturated carbocycles. The summed E-state index contributed by atoms with van der Waals surface area (Å²) < 4.78 is 0. The van der Waals surface area contributed by atoms with Gasteiger partial charge < -0.3 is 0 Å². The van der Waals surface area contributed by atoms with Crippen LogP contribution >= 0.6 is 0 Å². The first-order chi connectivity index (χ1) is 11.3. The van der Waals surface area contributed by atoms with E-state index in [1.54, 1.807) is 0 Å². The molecule has 4 rings (SSSR count). The Kier molecular flexibility index (Phi) is 3.07. The molecule has 0 bridgehead atoms. The summed E-state index contributed by atoms with van der Waals surface area (Å²) in [5, 5.41) is 18.6. The van der Waals surface area contributed by atoms with Crippen molar-refractivity contribution in [2.24, 2.45) is 5.92 Å². The van der Waals surface area contributed by atoms with E-state index in [0.717, 1.165) is 18.4 Å². The van der Waals surface area contributed by atoms with Crippen molar-refractivity contribution < 1.29 is 0 Å². The molecule has 110 valence electrons. The summed E-state index contributed by atoms with van der Waals surface area (Å²) in [4.78, 5) is 0. The molecule has 0 spiro atoms. The molecule has 2 aromatic rings. The number of nitriles is 2. The van der Waals surface area contributed by atoms with Gasteiger partial charge in [-0.25, -0.2) is 0 Å². The van der Waals surface area contributed by atoms with Crippen molar-refractivity contribution in [2.45, 2.75) is 24.2 Å². The molecule has 0 radical (unpaired) electrons. The van der Waals surface area contributed by atoms with Crippen molar-refractivity contribution >= 4 is 0 Å². The van der Waals surface area contributed by atoms with Crippen molar-refractivity contribution in [1.29, 1.82) is 10.5 Å². The Bertz CT molecular complexity index is 836. The van der Waals surface area contributed by atoms with E-state index >= 15 is 0 Å². The molecular weight excluding hydrogens is 280 g/mol. The Morgan fingerprint density at radius 1 is 0.870 bits per heavy atom. The molecule has 0 unspecified atom stereocenters. The summed E-state index contributed by atoms with van der Waals surface area (Å²) in [5.41, 5.74) is 4.11. The van der Waals surface area contributed by atoms with Gasteiger partial charge in [-0.1, -0.05) is 60.7 Å². The van der Waals surface area contributed by atoms with Crippen LogP contribution in [0, 0.1) is 28.6 Å². The van der Waals surface area contributed by atoms with Gasteiger partial charge in [-0.05, 0) is 29.5 Å². The molecule has 2 heteroatoms. The predicted molar refractivity (Wildman–Crippen MR) is 88.3 cm³/mol. The zero-order chi connectivity index (χ0) is 15.9. The van der Waals surface area contributed by atoms with Crippen LogP contribution in [-0.4, -0.2) is 0 Å². The average Bonchev–Trinajstić information content (AvgIpc) is 3.15. The molecule has 0 amide bonds. The summed E-state index contributed by atoms with van der Waals surface area (Å²) in [5.74, 6) is 0.674. The molecule has 2 aliphatic rings. The highest BCUT2D eigenvalue weighted by Gasteiger charge is 2.70. The lowest BCUT2D eigenvalue weighted by Gasteiger charge is -2.16. The Morgan fingerprint density at radius 2 is 1.48 bits per heavy atom. The molecule has 2 aliphatic carbocycles. The molecule has 0 saturated heterocycles. The Labute approximate surface area is 136 Å². The molecule has 0 aromatic heterocycles. The second kappa shape index (κ2) is 5.11. The Morgan fingerprint density at radius 3 is 2.09 bits per heavy atom. The summed E-state index contributed by atoms with van der Waals surface area (Å²) in [6.45, 7) is 0. The van der Waals surface area contributed by atoms with Gasteiger partial charge in [-0.2, -0.15) is 10.5 Å². The molecule has 2 nitrogen and oxygen atoms in total. The van der Waals surface area contributed by atoms with Gasteiger partial charge >= 0.3 is 0 Å². The third-order valence-electron chi connectivity index (χ3n) is 5.53. The van der Waals surface area contributed by atoms with E-state index in [-0.39, 0.29) is 5.41 Å². The fourth-order valence-corrected chi connectivity index (χ4v) is 4.61. The summed E-state index contributed by atoms with van der Waals surface area (Å²) in [7, 11) is 0. The number of fused-ring (bicyclic) bond motifs is 1. The highest BCUT2D eigenvalue weighted by Crippen LogP contribution is 2.75. The van der Waals surface area contributed by atoms with Crippen LogP contribution < -0.4 is 0 Å². The summed E-state index contributed by atoms with van der Waals surface area (Å²) >= 11 is 0. The lowest BCUT2D eigenvalue weighted by atomic mass is 9.88. The lowest BCUT2D eigenvalue weighted by Crippen LogP contribution is -2.08. The zero-order valence-corrected chi connectivity index (χ0v) is 12.7. The first-order valence-electron chi connectivity index (χ1n) is 7.96. The minimum absolute atomic E-state index is 0.0664. The van der Waals surface area contributed by atoms with Gasteiger partial charge in [0.05, 0.1) is 0 Å². The summed E-state index contributed by atoms with van der Waals surface area (Å²) in [6, 6.07) is 25.3. The Hall–Kier alpha value is -2.84. The van der Waals surface area contributed by atoms with Crippen LogP contribution in [0.15, 0.2) is 71.8 Å². The van der Waals surface area contributed by atoms with Crippen LogP contribution in [-0.2, 0) is 5.41 Å². The maximum atomic E-state index is 9.30. The highest BCUT2D eigenvalue weighted by atomic mass is 14.7. The van der Waals surface area contributed by atoms with Crippen LogP contribution in [0.1, 0.15) is 29.9 Å². The van der Waals surface area contributed by atoms with Gasteiger partial charge in [0.25, 0.3) is 0 Å².